The van der Waals surface area contributed by atoms with Gasteiger partial charge in [-0.3, -0.25) is 4.79 Å². The van der Waals surface area contributed by atoms with Crippen LogP contribution in [0.15, 0.2) is 48.5 Å². The fourth-order valence-electron chi connectivity index (χ4n) is 3.81. The largest absolute Gasteiger partial charge is 0.351 e. The zero-order valence-electron chi connectivity index (χ0n) is 16.4. The van der Waals surface area contributed by atoms with Crippen molar-refractivity contribution in [3.8, 4) is 0 Å². The van der Waals surface area contributed by atoms with Crippen molar-refractivity contribution < 1.29 is 19.0 Å². The van der Waals surface area contributed by atoms with Gasteiger partial charge in [0.05, 0.1) is 10.2 Å². The number of hydrogen-bond acceptors (Lipinski definition) is 3. The number of rotatable bonds is 7. The molecule has 1 aliphatic rings. The molecule has 2 heterocycles. The maximum atomic E-state index is 12.9. The first-order valence-corrected chi connectivity index (χ1v) is 11.0. The summed E-state index contributed by atoms with van der Waals surface area (Å²) in [5, 5.41) is 4.19. The van der Waals surface area contributed by atoms with E-state index in [2.05, 4.69) is 23.5 Å². The third kappa shape index (κ3) is 5.59. The zero-order valence-corrected chi connectivity index (χ0v) is 17.2. The predicted octanol–water partition coefficient (Wildman–Crippen LogP) is 0.0777. The number of quaternary nitrogens is 2. The van der Waals surface area contributed by atoms with E-state index in [0.29, 0.717) is 13.1 Å². The minimum atomic E-state index is -0.231. The van der Waals surface area contributed by atoms with Crippen LogP contribution >= 0.6 is 11.3 Å². The van der Waals surface area contributed by atoms with Gasteiger partial charge < -0.3 is 15.1 Å². The molecule has 0 unspecified atom stereocenters. The van der Waals surface area contributed by atoms with Crippen LogP contribution in [-0.4, -0.2) is 50.2 Å². The van der Waals surface area contributed by atoms with Gasteiger partial charge in [0.2, 0.25) is 0 Å². The SMILES string of the molecule is O=C(C[NH+]1CC[NH+](Cc2nc3ccccc3s2)CC1)NCCc1ccc(F)cc1. The molecule has 0 aliphatic carbocycles. The average Bonchev–Trinajstić information content (AvgIpc) is 3.13. The molecule has 1 fully saturated rings. The van der Waals surface area contributed by atoms with Crippen molar-refractivity contribution >= 4 is 27.5 Å². The van der Waals surface area contributed by atoms with Crippen molar-refractivity contribution in [2.45, 2.75) is 13.0 Å². The molecular weight excluding hydrogens is 387 g/mol. The molecule has 29 heavy (non-hydrogen) atoms. The molecule has 0 atom stereocenters. The lowest BCUT2D eigenvalue weighted by molar-refractivity contribution is -1.02. The normalized spacial score (nSPS) is 19.3. The van der Waals surface area contributed by atoms with E-state index in [1.165, 1.54) is 26.7 Å². The lowest BCUT2D eigenvalue weighted by atomic mass is 10.1. The third-order valence-corrected chi connectivity index (χ3v) is 6.50. The number of halogens is 1. The fraction of sp³-hybridized carbons (Fsp3) is 0.364. The molecule has 1 aromatic heterocycles. The molecule has 1 saturated heterocycles. The molecule has 152 valence electrons. The molecule has 0 saturated carbocycles. The molecule has 1 aliphatic heterocycles. The van der Waals surface area contributed by atoms with E-state index in [9.17, 15) is 9.18 Å². The molecule has 7 heteroatoms. The summed E-state index contributed by atoms with van der Waals surface area (Å²) in [7, 11) is 0. The first-order valence-electron chi connectivity index (χ1n) is 10.2. The fourth-order valence-corrected chi connectivity index (χ4v) is 4.85. The van der Waals surface area contributed by atoms with Crippen molar-refractivity contribution in [2.75, 3.05) is 39.3 Å². The van der Waals surface area contributed by atoms with Gasteiger partial charge >= 0.3 is 0 Å². The molecule has 0 radical (unpaired) electrons. The summed E-state index contributed by atoms with van der Waals surface area (Å²) in [4.78, 5) is 19.9. The predicted molar refractivity (Wildman–Crippen MR) is 113 cm³/mol. The first kappa shape index (κ1) is 19.9. The summed E-state index contributed by atoms with van der Waals surface area (Å²) in [5.41, 5.74) is 2.12. The van der Waals surface area contributed by atoms with Crippen LogP contribution in [0.1, 0.15) is 10.6 Å². The van der Waals surface area contributed by atoms with Gasteiger partial charge in [0, 0.05) is 6.54 Å². The highest BCUT2D eigenvalue weighted by Gasteiger charge is 2.25. The molecule has 3 aromatic rings. The van der Waals surface area contributed by atoms with Crippen LogP contribution in [0, 0.1) is 5.82 Å². The zero-order chi connectivity index (χ0) is 20.1. The Morgan fingerprint density at radius 2 is 1.76 bits per heavy atom. The van der Waals surface area contributed by atoms with Crippen LogP contribution in [0.2, 0.25) is 0 Å². The number of carbonyl (C=O) groups is 1. The molecule has 5 nitrogen and oxygen atoms in total. The Kier molecular flexibility index (Phi) is 6.49. The summed E-state index contributed by atoms with van der Waals surface area (Å²) >= 11 is 1.79. The highest BCUT2D eigenvalue weighted by Crippen LogP contribution is 2.20. The highest BCUT2D eigenvalue weighted by molar-refractivity contribution is 7.18. The standard InChI is InChI=1S/C22H25FN4OS/c23-18-7-5-17(6-8-18)9-10-24-21(28)15-26-11-13-27(14-12-26)16-22-25-19-3-1-2-4-20(19)29-22/h1-8H,9-16H2,(H,24,28)/p+2. The highest BCUT2D eigenvalue weighted by atomic mass is 32.1. The first-order chi connectivity index (χ1) is 14.2. The number of piperazine rings is 1. The molecule has 4 rings (SSSR count). The summed E-state index contributed by atoms with van der Waals surface area (Å²) in [6, 6.07) is 14.7. The smallest absolute Gasteiger partial charge is 0.275 e. The van der Waals surface area contributed by atoms with Gasteiger partial charge in [-0.05, 0) is 36.2 Å². The molecule has 3 N–H and O–H groups in total. The lowest BCUT2D eigenvalue weighted by Crippen LogP contribution is -3.28. The van der Waals surface area contributed by atoms with E-state index in [1.54, 1.807) is 28.4 Å². The maximum Gasteiger partial charge on any atom is 0.275 e. The Balaban J connectivity index is 1.16. The number of nitrogens with zero attached hydrogens (tertiary/aromatic N) is 1. The summed E-state index contributed by atoms with van der Waals surface area (Å²) < 4.78 is 14.2. The van der Waals surface area contributed by atoms with Gasteiger partial charge in [0.1, 0.15) is 43.5 Å². The Bertz CT molecular complexity index is 918. The number of para-hydroxylation sites is 1. The lowest BCUT2D eigenvalue weighted by Gasteiger charge is -2.28. The summed E-state index contributed by atoms with van der Waals surface area (Å²) in [6.07, 6.45) is 0.724. The van der Waals surface area contributed by atoms with E-state index < -0.39 is 0 Å². The van der Waals surface area contributed by atoms with Crippen molar-refractivity contribution in [1.82, 2.24) is 10.3 Å². The maximum absolute atomic E-state index is 12.9. The second kappa shape index (κ2) is 9.43. The van der Waals surface area contributed by atoms with E-state index in [1.807, 2.05) is 6.07 Å². The number of fused-ring (bicyclic) bond motifs is 1. The van der Waals surface area contributed by atoms with Crippen molar-refractivity contribution in [1.29, 1.82) is 0 Å². The number of hydrogen-bond donors (Lipinski definition) is 3. The Hall–Kier alpha value is -2.35. The average molecular weight is 415 g/mol. The van der Waals surface area contributed by atoms with Gasteiger partial charge in [-0.1, -0.05) is 24.3 Å². The van der Waals surface area contributed by atoms with E-state index in [4.69, 9.17) is 4.98 Å². The Labute approximate surface area is 174 Å². The molecule has 1 amide bonds. The Morgan fingerprint density at radius 1 is 1.03 bits per heavy atom. The van der Waals surface area contributed by atoms with E-state index in [0.717, 1.165) is 50.2 Å². The van der Waals surface area contributed by atoms with Crippen LogP contribution < -0.4 is 15.1 Å². The minimum absolute atomic E-state index is 0.0942. The van der Waals surface area contributed by atoms with Crippen LogP contribution in [0.3, 0.4) is 0 Å². The number of thiazole rings is 1. The number of amides is 1. The van der Waals surface area contributed by atoms with E-state index >= 15 is 0 Å². The van der Waals surface area contributed by atoms with Gasteiger partial charge in [0.15, 0.2) is 6.54 Å². The molecule has 0 spiro atoms. The second-order valence-corrected chi connectivity index (χ2v) is 8.77. The monoisotopic (exact) mass is 414 g/mol. The van der Waals surface area contributed by atoms with Gasteiger partial charge in [0.25, 0.3) is 5.91 Å². The number of benzene rings is 2. The van der Waals surface area contributed by atoms with Crippen LogP contribution in [0.5, 0.6) is 0 Å². The summed E-state index contributed by atoms with van der Waals surface area (Å²) in [6.45, 7) is 6.22. The van der Waals surface area contributed by atoms with Crippen molar-refractivity contribution in [3.63, 3.8) is 0 Å². The molecule has 2 aromatic carbocycles. The summed E-state index contributed by atoms with van der Waals surface area (Å²) in [5.74, 6) is -0.137. The third-order valence-electron chi connectivity index (χ3n) is 5.46. The number of carbonyl (C=O) groups excluding carboxylic acids is 1. The van der Waals surface area contributed by atoms with E-state index in [-0.39, 0.29) is 11.7 Å². The van der Waals surface area contributed by atoms with Gasteiger partial charge in [-0.25, -0.2) is 9.37 Å². The minimum Gasteiger partial charge on any atom is -0.351 e. The van der Waals surface area contributed by atoms with Crippen LogP contribution in [0.4, 0.5) is 4.39 Å². The second-order valence-electron chi connectivity index (χ2n) is 7.66. The number of nitrogens with one attached hydrogen (secondary N) is 3. The molecular formula is C22H27FN4OS+2. The van der Waals surface area contributed by atoms with Crippen molar-refractivity contribution in [2.24, 2.45) is 0 Å². The van der Waals surface area contributed by atoms with Crippen molar-refractivity contribution in [3.05, 3.63) is 64.9 Å². The van der Waals surface area contributed by atoms with Crippen LogP contribution in [-0.2, 0) is 17.8 Å². The van der Waals surface area contributed by atoms with Crippen LogP contribution in [0.25, 0.3) is 10.2 Å². The van der Waals surface area contributed by atoms with Gasteiger partial charge in [-0.15, -0.1) is 11.3 Å². The quantitative estimate of drug-likeness (QED) is 0.513. The topological polar surface area (TPSA) is 50.9 Å². The molecule has 0 bridgehead atoms. The van der Waals surface area contributed by atoms with Gasteiger partial charge in [-0.2, -0.15) is 0 Å². The Morgan fingerprint density at radius 3 is 2.52 bits per heavy atom. The number of aromatic nitrogens is 1.